The molecule has 0 radical (unpaired) electrons. The first-order valence-electron chi connectivity index (χ1n) is 6.93. The molecule has 0 saturated heterocycles. The molecule has 20 heavy (non-hydrogen) atoms. The minimum atomic E-state index is -0.979. The van der Waals surface area contributed by atoms with Crippen LogP contribution in [0, 0.1) is 0 Å². The minimum absolute atomic E-state index is 0.0689. The number of nitrogens with zero attached hydrogens (tertiary/aromatic N) is 1. The fourth-order valence-corrected chi connectivity index (χ4v) is 3.50. The molecule has 1 N–H and O–H groups in total. The summed E-state index contributed by atoms with van der Waals surface area (Å²) in [5.41, 5.74) is 0. The van der Waals surface area contributed by atoms with Crippen LogP contribution in [-0.4, -0.2) is 34.5 Å². The van der Waals surface area contributed by atoms with Crippen LogP contribution in [0.1, 0.15) is 47.2 Å². The van der Waals surface area contributed by atoms with Gasteiger partial charge in [0.15, 0.2) is 0 Å². The lowest BCUT2D eigenvalue weighted by Gasteiger charge is -2.27. The maximum Gasteiger partial charge on any atom is 0.328 e. The van der Waals surface area contributed by atoms with E-state index in [4.69, 9.17) is 5.11 Å². The Morgan fingerprint density at radius 3 is 2.70 bits per heavy atom. The number of hydrogen-bond acceptors (Lipinski definition) is 3. The molecule has 0 spiro atoms. The Kier molecular flexibility index (Phi) is 4.95. The summed E-state index contributed by atoms with van der Waals surface area (Å²) in [6, 6.07) is 3.94. The van der Waals surface area contributed by atoms with E-state index in [1.54, 1.807) is 12.1 Å². The van der Waals surface area contributed by atoms with E-state index >= 15 is 0 Å². The zero-order valence-corrected chi connectivity index (χ0v) is 12.4. The number of hydrogen-bond donors (Lipinski definition) is 1. The molecule has 0 aliphatic heterocycles. The minimum Gasteiger partial charge on any atom is -0.478 e. The number of thiophene rings is 1. The van der Waals surface area contributed by atoms with Gasteiger partial charge in [0.05, 0.1) is 4.88 Å². The van der Waals surface area contributed by atoms with E-state index in [0.29, 0.717) is 10.9 Å². The third kappa shape index (κ3) is 3.48. The quantitative estimate of drug-likeness (QED) is 0.848. The zero-order chi connectivity index (χ0) is 14.5. The van der Waals surface area contributed by atoms with Gasteiger partial charge in [0, 0.05) is 23.5 Å². The van der Waals surface area contributed by atoms with Gasteiger partial charge in [0.1, 0.15) is 0 Å². The maximum atomic E-state index is 12.5. The predicted molar refractivity (Wildman–Crippen MR) is 80.0 cm³/mol. The number of carboxylic acid groups (broad SMARTS) is 1. The van der Waals surface area contributed by atoms with Crippen molar-refractivity contribution in [1.29, 1.82) is 0 Å². The van der Waals surface area contributed by atoms with Crippen LogP contribution in [-0.2, 0) is 4.79 Å². The molecule has 1 fully saturated rings. The SMILES string of the molecule is CCN(C(=O)c1ccc(C=CC(=O)O)s1)C1CCCC1. The maximum absolute atomic E-state index is 12.5. The molecule has 2 rings (SSSR count). The topological polar surface area (TPSA) is 57.6 Å². The van der Waals surface area contributed by atoms with E-state index < -0.39 is 5.97 Å². The highest BCUT2D eigenvalue weighted by Crippen LogP contribution is 2.27. The van der Waals surface area contributed by atoms with E-state index in [1.807, 2.05) is 11.8 Å². The van der Waals surface area contributed by atoms with Crippen molar-refractivity contribution in [1.82, 2.24) is 4.90 Å². The fraction of sp³-hybridized carbons (Fsp3) is 0.467. The second-order valence-corrected chi connectivity index (χ2v) is 6.02. The van der Waals surface area contributed by atoms with Gasteiger partial charge >= 0.3 is 5.97 Å². The van der Waals surface area contributed by atoms with Crippen molar-refractivity contribution in [3.05, 3.63) is 28.0 Å². The van der Waals surface area contributed by atoms with Crippen LogP contribution in [0.15, 0.2) is 18.2 Å². The molecule has 0 atom stereocenters. The summed E-state index contributed by atoms with van der Waals surface area (Å²) in [6.07, 6.45) is 7.20. The molecule has 0 bridgehead atoms. The van der Waals surface area contributed by atoms with Gasteiger partial charge in [-0.05, 0) is 38.0 Å². The molecule has 4 nitrogen and oxygen atoms in total. The van der Waals surface area contributed by atoms with Gasteiger partial charge in [-0.25, -0.2) is 4.79 Å². The number of aliphatic carboxylic acids is 1. The fourth-order valence-electron chi connectivity index (χ4n) is 2.64. The number of rotatable bonds is 5. The first-order valence-corrected chi connectivity index (χ1v) is 7.75. The van der Waals surface area contributed by atoms with Gasteiger partial charge in [-0.3, -0.25) is 4.79 Å². The number of carbonyl (C=O) groups excluding carboxylic acids is 1. The van der Waals surface area contributed by atoms with Crippen LogP contribution in [0.3, 0.4) is 0 Å². The van der Waals surface area contributed by atoms with E-state index in [-0.39, 0.29) is 5.91 Å². The molecule has 1 aromatic heterocycles. The van der Waals surface area contributed by atoms with Crippen LogP contribution in [0.5, 0.6) is 0 Å². The molecule has 5 heteroatoms. The van der Waals surface area contributed by atoms with Crippen molar-refractivity contribution in [3.63, 3.8) is 0 Å². The van der Waals surface area contributed by atoms with Crippen molar-refractivity contribution in [2.24, 2.45) is 0 Å². The highest BCUT2D eigenvalue weighted by Gasteiger charge is 2.26. The van der Waals surface area contributed by atoms with E-state index in [9.17, 15) is 9.59 Å². The molecule has 1 amide bonds. The lowest BCUT2D eigenvalue weighted by Crippen LogP contribution is -2.38. The molecule has 0 aromatic carbocycles. The lowest BCUT2D eigenvalue weighted by molar-refractivity contribution is -0.131. The Bertz CT molecular complexity index is 515. The summed E-state index contributed by atoms with van der Waals surface area (Å²) in [7, 11) is 0. The van der Waals surface area contributed by atoms with Gasteiger partial charge in [-0.15, -0.1) is 11.3 Å². The van der Waals surface area contributed by atoms with E-state index in [2.05, 4.69) is 0 Å². The molecular weight excluding hydrogens is 274 g/mol. The van der Waals surface area contributed by atoms with Gasteiger partial charge in [-0.2, -0.15) is 0 Å². The second-order valence-electron chi connectivity index (χ2n) is 4.90. The third-order valence-corrected chi connectivity index (χ3v) is 4.63. The predicted octanol–water partition coefficient (Wildman–Crippen LogP) is 3.25. The molecule has 1 aliphatic rings. The molecule has 1 aromatic rings. The summed E-state index contributed by atoms with van der Waals surface area (Å²) < 4.78 is 0. The average Bonchev–Trinajstić information content (AvgIpc) is 3.08. The Balaban J connectivity index is 2.09. The number of amides is 1. The third-order valence-electron chi connectivity index (χ3n) is 3.59. The summed E-state index contributed by atoms with van der Waals surface area (Å²) >= 11 is 1.34. The Morgan fingerprint density at radius 1 is 1.40 bits per heavy atom. The van der Waals surface area contributed by atoms with Crippen LogP contribution in [0.4, 0.5) is 0 Å². The van der Waals surface area contributed by atoms with Gasteiger partial charge in [0.2, 0.25) is 0 Å². The molecular formula is C15H19NO3S. The van der Waals surface area contributed by atoms with Crippen LogP contribution in [0.2, 0.25) is 0 Å². The molecule has 108 valence electrons. The highest BCUT2D eigenvalue weighted by atomic mass is 32.1. The summed E-state index contributed by atoms with van der Waals surface area (Å²) in [6.45, 7) is 2.73. The monoisotopic (exact) mass is 293 g/mol. The van der Waals surface area contributed by atoms with Crippen molar-refractivity contribution in [2.45, 2.75) is 38.6 Å². The van der Waals surface area contributed by atoms with E-state index in [0.717, 1.165) is 30.3 Å². The number of carbonyl (C=O) groups is 2. The van der Waals surface area contributed by atoms with Gasteiger partial charge < -0.3 is 10.0 Å². The standard InChI is InChI=1S/C15H19NO3S/c1-2-16(11-5-3-4-6-11)15(19)13-9-7-12(20-13)8-10-14(17)18/h7-11H,2-6H2,1H3,(H,17,18). The van der Waals surface area contributed by atoms with Crippen molar-refractivity contribution in [2.75, 3.05) is 6.54 Å². The van der Waals surface area contributed by atoms with E-state index in [1.165, 1.54) is 30.3 Å². The smallest absolute Gasteiger partial charge is 0.328 e. The van der Waals surface area contributed by atoms with Crippen molar-refractivity contribution < 1.29 is 14.7 Å². The Hall–Kier alpha value is -1.62. The van der Waals surface area contributed by atoms with Crippen LogP contribution < -0.4 is 0 Å². The largest absolute Gasteiger partial charge is 0.478 e. The molecule has 1 saturated carbocycles. The van der Waals surface area contributed by atoms with Gasteiger partial charge in [0.25, 0.3) is 5.91 Å². The van der Waals surface area contributed by atoms with Crippen LogP contribution >= 0.6 is 11.3 Å². The van der Waals surface area contributed by atoms with Crippen molar-refractivity contribution >= 4 is 29.3 Å². The summed E-state index contributed by atoms with van der Waals surface area (Å²) in [5.74, 6) is -0.910. The lowest BCUT2D eigenvalue weighted by atomic mass is 10.2. The van der Waals surface area contributed by atoms with Crippen molar-refractivity contribution in [3.8, 4) is 0 Å². The number of carboxylic acids is 1. The molecule has 1 aliphatic carbocycles. The Labute approximate surface area is 122 Å². The van der Waals surface area contributed by atoms with Gasteiger partial charge in [-0.1, -0.05) is 12.8 Å². The normalized spacial score (nSPS) is 15.8. The summed E-state index contributed by atoms with van der Waals surface area (Å²) in [4.78, 5) is 26.4. The molecule has 0 unspecified atom stereocenters. The first kappa shape index (κ1) is 14.8. The molecule has 1 heterocycles. The van der Waals surface area contributed by atoms with Crippen LogP contribution in [0.25, 0.3) is 6.08 Å². The summed E-state index contributed by atoms with van der Waals surface area (Å²) in [5, 5.41) is 8.60. The second kappa shape index (κ2) is 6.70. The first-order chi connectivity index (χ1) is 9.61. The highest BCUT2D eigenvalue weighted by molar-refractivity contribution is 7.14. The Morgan fingerprint density at radius 2 is 2.10 bits per heavy atom. The zero-order valence-electron chi connectivity index (χ0n) is 11.5. The average molecular weight is 293 g/mol.